The van der Waals surface area contributed by atoms with Crippen molar-refractivity contribution in [3.63, 3.8) is 0 Å². The number of carbonyl (C=O) groups excluding carboxylic acids is 3. The summed E-state index contributed by atoms with van der Waals surface area (Å²) in [6.45, 7) is 6.40. The summed E-state index contributed by atoms with van der Waals surface area (Å²) < 4.78 is 6.52. The Balaban J connectivity index is 1.69. The summed E-state index contributed by atoms with van der Waals surface area (Å²) in [7, 11) is 0. The van der Waals surface area contributed by atoms with Gasteiger partial charge in [0.05, 0.1) is 30.6 Å². The number of hydrogen-bond donors (Lipinski definition) is 3. The van der Waals surface area contributed by atoms with E-state index in [0.29, 0.717) is 25.1 Å². The number of nitrogens with zero attached hydrogens (tertiary/aromatic N) is 1. The maximum atomic E-state index is 14.1. The van der Waals surface area contributed by atoms with E-state index in [-0.39, 0.29) is 35.1 Å². The van der Waals surface area contributed by atoms with Crippen LogP contribution in [0.15, 0.2) is 30.3 Å². The molecule has 4 rings (SSSR count). The highest BCUT2D eigenvalue weighted by Crippen LogP contribution is 2.60. The van der Waals surface area contributed by atoms with Crippen LogP contribution < -0.4 is 10.6 Å². The number of halogens is 1. The van der Waals surface area contributed by atoms with Crippen LogP contribution in [0.4, 0.5) is 5.69 Å². The second-order valence-corrected chi connectivity index (χ2v) is 11.9. The van der Waals surface area contributed by atoms with Gasteiger partial charge in [0.2, 0.25) is 17.7 Å². The molecular formula is C27H38BrN3O5. The summed E-state index contributed by atoms with van der Waals surface area (Å²) >= 11 is 3.69. The summed E-state index contributed by atoms with van der Waals surface area (Å²) in [4.78, 5) is 42.7. The van der Waals surface area contributed by atoms with Crippen LogP contribution in [0.25, 0.3) is 0 Å². The molecule has 3 fully saturated rings. The van der Waals surface area contributed by atoms with E-state index in [1.807, 2.05) is 32.0 Å². The monoisotopic (exact) mass is 563 g/mol. The number of amides is 3. The van der Waals surface area contributed by atoms with Crippen LogP contribution in [0.1, 0.15) is 52.9 Å². The minimum absolute atomic E-state index is 0.166. The zero-order valence-electron chi connectivity index (χ0n) is 21.3. The van der Waals surface area contributed by atoms with E-state index >= 15 is 0 Å². The molecule has 3 amide bonds. The molecule has 1 aromatic rings. The van der Waals surface area contributed by atoms with Gasteiger partial charge in [-0.3, -0.25) is 14.4 Å². The third kappa shape index (κ3) is 4.82. The van der Waals surface area contributed by atoms with Gasteiger partial charge in [0.25, 0.3) is 0 Å². The van der Waals surface area contributed by atoms with Crippen molar-refractivity contribution in [1.29, 1.82) is 0 Å². The molecule has 0 aliphatic carbocycles. The van der Waals surface area contributed by atoms with Crippen molar-refractivity contribution in [2.24, 2.45) is 17.8 Å². The smallest absolute Gasteiger partial charge is 0.245 e. The van der Waals surface area contributed by atoms with Crippen molar-refractivity contribution >= 4 is 39.3 Å². The van der Waals surface area contributed by atoms with Crippen LogP contribution >= 0.6 is 15.9 Å². The number of rotatable bonds is 11. The number of aliphatic hydroxyl groups excluding tert-OH is 1. The summed E-state index contributed by atoms with van der Waals surface area (Å²) in [6, 6.07) is 7.71. The first-order chi connectivity index (χ1) is 17.2. The van der Waals surface area contributed by atoms with Crippen molar-refractivity contribution in [3.05, 3.63) is 30.3 Å². The van der Waals surface area contributed by atoms with Crippen molar-refractivity contribution < 1.29 is 24.2 Å². The van der Waals surface area contributed by atoms with E-state index < -0.39 is 35.6 Å². The highest BCUT2D eigenvalue weighted by atomic mass is 79.9. The van der Waals surface area contributed by atoms with Gasteiger partial charge in [0.1, 0.15) is 11.6 Å². The molecule has 3 heterocycles. The molecule has 1 aromatic carbocycles. The average molecular weight is 565 g/mol. The van der Waals surface area contributed by atoms with E-state index in [2.05, 4.69) is 33.5 Å². The molecule has 3 unspecified atom stereocenters. The fourth-order valence-corrected chi connectivity index (χ4v) is 7.25. The zero-order chi connectivity index (χ0) is 26.0. The van der Waals surface area contributed by atoms with E-state index in [1.54, 1.807) is 17.0 Å². The van der Waals surface area contributed by atoms with Crippen LogP contribution in [0.2, 0.25) is 0 Å². The molecule has 9 heteroatoms. The Morgan fingerprint density at radius 1 is 1.22 bits per heavy atom. The zero-order valence-corrected chi connectivity index (χ0v) is 22.9. The van der Waals surface area contributed by atoms with Gasteiger partial charge in [-0.2, -0.15) is 0 Å². The SMILES string of the molecule is CCCCCNC(=O)C1N([C@@H](CO)CC(C)C)C(=O)[C@@H]2[C@H](C(=O)Nc3ccccc3)[C@H]3OC12CC3Br. The van der Waals surface area contributed by atoms with Gasteiger partial charge in [0.15, 0.2) is 0 Å². The number of fused-ring (bicyclic) bond motifs is 1. The number of carbonyl (C=O) groups is 3. The molecule has 198 valence electrons. The highest BCUT2D eigenvalue weighted by molar-refractivity contribution is 9.09. The predicted molar refractivity (Wildman–Crippen MR) is 140 cm³/mol. The minimum Gasteiger partial charge on any atom is -0.394 e. The molecule has 2 bridgehead atoms. The van der Waals surface area contributed by atoms with E-state index in [0.717, 1.165) is 19.3 Å². The number of unbranched alkanes of at least 4 members (excludes halogenated alkanes) is 2. The van der Waals surface area contributed by atoms with Crippen LogP contribution in [0, 0.1) is 17.8 Å². The van der Waals surface area contributed by atoms with Crippen molar-refractivity contribution in [3.8, 4) is 0 Å². The molecule has 0 radical (unpaired) electrons. The number of aliphatic hydroxyl groups is 1. The number of nitrogens with one attached hydrogen (secondary N) is 2. The van der Waals surface area contributed by atoms with Gasteiger partial charge >= 0.3 is 0 Å². The summed E-state index contributed by atoms with van der Waals surface area (Å²) in [6.07, 6.45) is 3.36. The highest BCUT2D eigenvalue weighted by Gasteiger charge is 2.77. The quantitative estimate of drug-likeness (QED) is 0.283. The van der Waals surface area contributed by atoms with Crippen molar-refractivity contribution in [1.82, 2.24) is 10.2 Å². The number of anilines is 1. The van der Waals surface area contributed by atoms with E-state index in [4.69, 9.17) is 4.74 Å². The number of benzene rings is 1. The van der Waals surface area contributed by atoms with E-state index in [9.17, 15) is 19.5 Å². The molecule has 1 spiro atoms. The van der Waals surface area contributed by atoms with Gasteiger partial charge in [-0.25, -0.2) is 0 Å². The van der Waals surface area contributed by atoms with Crippen LogP contribution in [0.5, 0.6) is 0 Å². The molecule has 0 aromatic heterocycles. The van der Waals surface area contributed by atoms with Crippen LogP contribution in [-0.4, -0.2) is 69.5 Å². The molecule has 7 atom stereocenters. The van der Waals surface area contributed by atoms with E-state index in [1.165, 1.54) is 0 Å². The summed E-state index contributed by atoms with van der Waals surface area (Å²) in [5, 5.41) is 16.3. The second kappa shape index (κ2) is 11.2. The standard InChI is InChI=1S/C27H38BrN3O5/c1-4-5-9-12-29-25(34)23-27-14-19(28)22(36-27)20(24(33)30-17-10-7-6-8-11-17)21(27)26(35)31(23)18(15-32)13-16(2)3/h6-8,10-11,16,18-23,32H,4-5,9,12-15H2,1-3H3,(H,29,34)(H,30,33)/t18-,19?,20+,21+,22+,23?,27?/m1/s1. The first kappa shape index (κ1) is 27.1. The molecule has 3 aliphatic rings. The molecule has 3 saturated heterocycles. The molecule has 8 nitrogen and oxygen atoms in total. The Morgan fingerprint density at radius 2 is 1.94 bits per heavy atom. The summed E-state index contributed by atoms with van der Waals surface area (Å²) in [5.74, 6) is -2.15. The molecule has 3 aliphatic heterocycles. The van der Waals surface area contributed by atoms with Gasteiger partial charge < -0.3 is 25.4 Å². The predicted octanol–water partition coefficient (Wildman–Crippen LogP) is 3.09. The minimum atomic E-state index is -1.12. The second-order valence-electron chi connectivity index (χ2n) is 10.7. The Hall–Kier alpha value is -1.97. The Bertz CT molecular complexity index is 960. The Kier molecular flexibility index (Phi) is 8.42. The van der Waals surface area contributed by atoms with Gasteiger partial charge in [-0.1, -0.05) is 67.7 Å². The topological polar surface area (TPSA) is 108 Å². The Labute approximate surface area is 221 Å². The lowest BCUT2D eigenvalue weighted by molar-refractivity contribution is -0.145. The van der Waals surface area contributed by atoms with Crippen molar-refractivity contribution in [2.45, 2.75) is 81.5 Å². The fourth-order valence-electron chi connectivity index (χ4n) is 6.31. The molecular weight excluding hydrogens is 526 g/mol. The third-order valence-corrected chi connectivity index (χ3v) is 8.59. The fraction of sp³-hybridized carbons (Fsp3) is 0.667. The molecule has 36 heavy (non-hydrogen) atoms. The van der Waals surface area contributed by atoms with Crippen LogP contribution in [0.3, 0.4) is 0 Å². The largest absolute Gasteiger partial charge is 0.394 e. The maximum Gasteiger partial charge on any atom is 0.245 e. The molecule has 3 N–H and O–H groups in total. The third-order valence-electron chi connectivity index (χ3n) is 7.75. The maximum absolute atomic E-state index is 14.1. The summed E-state index contributed by atoms with van der Waals surface area (Å²) in [5.41, 5.74) is -0.473. The van der Waals surface area contributed by atoms with Crippen LogP contribution in [-0.2, 0) is 19.1 Å². The number of ether oxygens (including phenoxy) is 1. The normalized spacial score (nSPS) is 31.6. The number of hydrogen-bond acceptors (Lipinski definition) is 5. The Morgan fingerprint density at radius 3 is 2.58 bits per heavy atom. The lowest BCUT2D eigenvalue weighted by atomic mass is 9.70. The lowest BCUT2D eigenvalue weighted by Crippen LogP contribution is -2.58. The first-order valence-corrected chi connectivity index (χ1v) is 14.0. The van der Waals surface area contributed by atoms with Gasteiger partial charge in [-0.05, 0) is 37.3 Å². The first-order valence-electron chi connectivity index (χ1n) is 13.1. The van der Waals surface area contributed by atoms with Crippen molar-refractivity contribution in [2.75, 3.05) is 18.5 Å². The number of likely N-dealkylation sites (tertiary alicyclic amines) is 1. The van der Waals surface area contributed by atoms with Gasteiger partial charge in [0, 0.05) is 17.1 Å². The number of para-hydroxylation sites is 1. The lowest BCUT2D eigenvalue weighted by Gasteiger charge is -2.37. The average Bonchev–Trinajstić information content (AvgIpc) is 3.44. The molecule has 0 saturated carbocycles. The number of alkyl halides is 1. The van der Waals surface area contributed by atoms with Gasteiger partial charge in [-0.15, -0.1) is 0 Å².